The molecule has 1 aromatic carbocycles. The molecule has 0 amide bonds. The number of rotatable bonds is 3. The molecule has 2 aromatic rings. The summed E-state index contributed by atoms with van der Waals surface area (Å²) in [6.45, 7) is 3.74. The maximum absolute atomic E-state index is 9.13. The number of benzene rings is 1. The quantitative estimate of drug-likeness (QED) is 0.912. The van der Waals surface area contributed by atoms with E-state index in [4.69, 9.17) is 21.4 Å². The number of aromatic nitrogens is 2. The molecule has 1 heterocycles. The molecule has 2 rings (SSSR count). The Kier molecular flexibility index (Phi) is 3.45. The number of nitrogens with zero attached hydrogens (tertiary/aromatic N) is 2. The van der Waals surface area contributed by atoms with E-state index in [1.165, 1.54) is 6.33 Å². The molecule has 0 aliphatic rings. The lowest BCUT2D eigenvalue weighted by Crippen LogP contribution is -2.07. The van der Waals surface area contributed by atoms with Crippen molar-refractivity contribution in [2.24, 2.45) is 0 Å². The van der Waals surface area contributed by atoms with Crippen molar-refractivity contribution in [1.82, 2.24) is 9.97 Å². The number of ether oxygens (including phenoxy) is 1. The highest BCUT2D eigenvalue weighted by atomic mass is 35.5. The maximum atomic E-state index is 9.13. The van der Waals surface area contributed by atoms with Gasteiger partial charge in [0, 0.05) is 0 Å². The molecule has 0 atom stereocenters. The van der Waals surface area contributed by atoms with Crippen molar-refractivity contribution in [3.8, 4) is 5.88 Å². The van der Waals surface area contributed by atoms with Crippen LogP contribution in [0.1, 0.15) is 19.4 Å². The van der Waals surface area contributed by atoms with Crippen LogP contribution in [0, 0.1) is 0 Å². The number of fused-ring (bicyclic) bond motifs is 1. The summed E-state index contributed by atoms with van der Waals surface area (Å²) in [6, 6.07) is 3.56. The third kappa shape index (κ3) is 2.33. The second-order valence-corrected chi connectivity index (χ2v) is 4.32. The smallest absolute Gasteiger partial charge is 0.224 e. The third-order valence-electron chi connectivity index (χ3n) is 2.31. The minimum absolute atomic E-state index is 0.0318. The maximum Gasteiger partial charge on any atom is 0.224 e. The Labute approximate surface area is 104 Å². The fourth-order valence-corrected chi connectivity index (χ4v) is 1.83. The summed E-state index contributed by atoms with van der Waals surface area (Å²) in [5.41, 5.74) is 1.25. The van der Waals surface area contributed by atoms with Gasteiger partial charge in [0.1, 0.15) is 6.33 Å². The molecule has 1 aromatic heterocycles. The summed E-state index contributed by atoms with van der Waals surface area (Å²) >= 11 is 6.14. The van der Waals surface area contributed by atoms with Crippen LogP contribution in [0.2, 0.25) is 5.02 Å². The molecular weight excluding hydrogens is 240 g/mol. The Morgan fingerprint density at radius 3 is 2.76 bits per heavy atom. The zero-order valence-corrected chi connectivity index (χ0v) is 10.4. The summed E-state index contributed by atoms with van der Waals surface area (Å²) in [4.78, 5) is 8.21. The Morgan fingerprint density at radius 1 is 1.35 bits per heavy atom. The van der Waals surface area contributed by atoms with Crippen LogP contribution in [0.15, 0.2) is 18.5 Å². The van der Waals surface area contributed by atoms with Crippen molar-refractivity contribution in [1.29, 1.82) is 0 Å². The lowest BCUT2D eigenvalue weighted by atomic mass is 10.1. The Morgan fingerprint density at radius 2 is 2.12 bits per heavy atom. The first-order valence-corrected chi connectivity index (χ1v) is 5.71. The number of hydrogen-bond acceptors (Lipinski definition) is 4. The van der Waals surface area contributed by atoms with Crippen LogP contribution < -0.4 is 4.74 Å². The highest BCUT2D eigenvalue weighted by Gasteiger charge is 2.11. The highest BCUT2D eigenvalue weighted by Crippen LogP contribution is 2.30. The zero-order valence-electron chi connectivity index (χ0n) is 9.64. The lowest BCUT2D eigenvalue weighted by Gasteiger charge is -2.11. The van der Waals surface area contributed by atoms with E-state index >= 15 is 0 Å². The molecule has 90 valence electrons. The predicted octanol–water partition coefficient (Wildman–Crippen LogP) is 2.56. The van der Waals surface area contributed by atoms with E-state index in [-0.39, 0.29) is 12.7 Å². The van der Waals surface area contributed by atoms with Gasteiger partial charge in [-0.05, 0) is 25.5 Å². The monoisotopic (exact) mass is 252 g/mol. The molecule has 0 unspecified atom stereocenters. The Bertz CT molecular complexity index is 543. The second-order valence-electron chi connectivity index (χ2n) is 3.94. The summed E-state index contributed by atoms with van der Waals surface area (Å²) in [6.07, 6.45) is 1.44. The minimum atomic E-state index is -0.112. The van der Waals surface area contributed by atoms with Gasteiger partial charge in [-0.15, -0.1) is 0 Å². The first kappa shape index (κ1) is 12.1. The van der Waals surface area contributed by atoms with Crippen LogP contribution in [0.3, 0.4) is 0 Å². The average Bonchev–Trinajstić information content (AvgIpc) is 2.30. The summed E-state index contributed by atoms with van der Waals surface area (Å²) in [5.74, 6) is 0.511. The van der Waals surface area contributed by atoms with Crippen molar-refractivity contribution in [2.45, 2.75) is 26.6 Å². The molecule has 4 nitrogen and oxygen atoms in total. The van der Waals surface area contributed by atoms with Crippen molar-refractivity contribution in [2.75, 3.05) is 0 Å². The minimum Gasteiger partial charge on any atom is -0.474 e. The van der Waals surface area contributed by atoms with Crippen LogP contribution in [-0.2, 0) is 6.61 Å². The Balaban J connectivity index is 2.62. The molecule has 0 radical (unpaired) electrons. The highest BCUT2D eigenvalue weighted by molar-refractivity contribution is 6.36. The fraction of sp³-hybridized carbons (Fsp3) is 0.333. The zero-order chi connectivity index (χ0) is 12.4. The van der Waals surface area contributed by atoms with Crippen molar-refractivity contribution in [3.05, 3.63) is 29.0 Å². The van der Waals surface area contributed by atoms with Crippen LogP contribution in [0.5, 0.6) is 5.88 Å². The summed E-state index contributed by atoms with van der Waals surface area (Å²) in [7, 11) is 0. The van der Waals surface area contributed by atoms with E-state index in [2.05, 4.69) is 9.97 Å². The summed E-state index contributed by atoms with van der Waals surface area (Å²) < 4.78 is 5.58. The van der Waals surface area contributed by atoms with Crippen molar-refractivity contribution in [3.63, 3.8) is 0 Å². The van der Waals surface area contributed by atoms with Gasteiger partial charge in [0.05, 0.1) is 28.6 Å². The molecule has 0 fully saturated rings. The van der Waals surface area contributed by atoms with E-state index in [0.29, 0.717) is 22.0 Å². The first-order chi connectivity index (χ1) is 8.13. The van der Waals surface area contributed by atoms with E-state index < -0.39 is 0 Å². The second kappa shape index (κ2) is 4.85. The van der Waals surface area contributed by atoms with E-state index in [1.54, 1.807) is 6.07 Å². The molecule has 17 heavy (non-hydrogen) atoms. The molecule has 0 saturated carbocycles. The van der Waals surface area contributed by atoms with Gasteiger partial charge in [0.2, 0.25) is 5.88 Å². The van der Waals surface area contributed by atoms with Crippen LogP contribution in [-0.4, -0.2) is 21.2 Å². The number of halogens is 1. The number of hydrogen-bond donors (Lipinski definition) is 1. The van der Waals surface area contributed by atoms with Gasteiger partial charge in [-0.1, -0.05) is 17.7 Å². The van der Waals surface area contributed by atoms with Crippen LogP contribution in [0.4, 0.5) is 0 Å². The topological polar surface area (TPSA) is 55.2 Å². The molecule has 0 spiro atoms. The van der Waals surface area contributed by atoms with Gasteiger partial charge in [-0.25, -0.2) is 9.97 Å². The van der Waals surface area contributed by atoms with Gasteiger partial charge in [-0.3, -0.25) is 0 Å². The van der Waals surface area contributed by atoms with Crippen LogP contribution >= 0.6 is 11.6 Å². The number of aliphatic hydroxyl groups excluding tert-OH is 1. The molecular formula is C12H13ClN2O2. The average molecular weight is 253 g/mol. The molecule has 0 aliphatic heterocycles. The molecule has 0 saturated heterocycles. The predicted molar refractivity (Wildman–Crippen MR) is 66.2 cm³/mol. The van der Waals surface area contributed by atoms with Crippen molar-refractivity contribution < 1.29 is 9.84 Å². The molecule has 0 bridgehead atoms. The van der Waals surface area contributed by atoms with E-state index in [9.17, 15) is 0 Å². The Hall–Kier alpha value is -1.39. The number of aliphatic hydroxyl groups is 1. The van der Waals surface area contributed by atoms with Gasteiger partial charge in [0.15, 0.2) is 0 Å². The normalized spacial score (nSPS) is 11.1. The SMILES string of the molecule is CC(C)Oc1ncnc2c(Cl)c(CO)ccc12. The van der Waals surface area contributed by atoms with E-state index in [1.807, 2.05) is 19.9 Å². The van der Waals surface area contributed by atoms with Gasteiger partial charge < -0.3 is 9.84 Å². The van der Waals surface area contributed by atoms with Crippen molar-refractivity contribution >= 4 is 22.5 Å². The largest absolute Gasteiger partial charge is 0.474 e. The molecule has 0 aliphatic carbocycles. The van der Waals surface area contributed by atoms with Gasteiger partial charge >= 0.3 is 0 Å². The van der Waals surface area contributed by atoms with Gasteiger partial charge in [0.25, 0.3) is 0 Å². The third-order valence-corrected chi connectivity index (χ3v) is 2.73. The molecule has 1 N–H and O–H groups in total. The lowest BCUT2D eigenvalue weighted by molar-refractivity contribution is 0.235. The summed E-state index contributed by atoms with van der Waals surface area (Å²) in [5, 5.41) is 10.3. The standard InChI is InChI=1S/C12H13ClN2O2/c1-7(2)17-12-9-4-3-8(5-16)10(13)11(9)14-6-15-12/h3-4,6-7,16H,5H2,1-2H3. The van der Waals surface area contributed by atoms with E-state index in [0.717, 1.165) is 5.39 Å². The fourth-order valence-electron chi connectivity index (χ4n) is 1.55. The van der Waals surface area contributed by atoms with Crippen LogP contribution in [0.25, 0.3) is 10.9 Å². The molecule has 5 heteroatoms. The first-order valence-electron chi connectivity index (χ1n) is 5.33. The van der Waals surface area contributed by atoms with Gasteiger partial charge in [-0.2, -0.15) is 0 Å².